The molecule has 0 aliphatic carbocycles. The maximum absolute atomic E-state index is 13.3. The third kappa shape index (κ3) is 1.56. The van der Waals surface area contributed by atoms with Crippen molar-refractivity contribution in [3.8, 4) is 0 Å². The van der Waals surface area contributed by atoms with E-state index >= 15 is 0 Å². The molecule has 0 saturated carbocycles. The minimum Gasteiger partial charge on any atom is -0.319 e. The van der Waals surface area contributed by atoms with Crippen molar-refractivity contribution in [2.75, 3.05) is 12.3 Å². The topological polar surface area (TPSA) is 17.1 Å². The monoisotopic (exact) mass is 262 g/mol. The molecule has 18 heavy (non-hydrogen) atoms. The van der Waals surface area contributed by atoms with E-state index in [-0.39, 0.29) is 10.8 Å². The molecule has 0 saturated heterocycles. The van der Waals surface area contributed by atoms with Gasteiger partial charge in [-0.05, 0) is 34.8 Å². The summed E-state index contributed by atoms with van der Waals surface area (Å²) in [6, 6.07) is 6.59. The van der Waals surface area contributed by atoms with E-state index in [9.17, 15) is 4.57 Å². The first-order valence-electron chi connectivity index (χ1n) is 6.99. The molecule has 0 fully saturated rings. The molecule has 2 aliphatic heterocycles. The Hall–Kier alpha value is -0.550. The van der Waals surface area contributed by atoms with Gasteiger partial charge in [-0.2, -0.15) is 0 Å². The number of hydrogen-bond donors (Lipinski definition) is 0. The zero-order valence-corrected chi connectivity index (χ0v) is 12.8. The predicted octanol–water partition coefficient (Wildman–Crippen LogP) is 4.04. The molecule has 0 unspecified atom stereocenters. The summed E-state index contributed by atoms with van der Waals surface area (Å²) in [5, 5.41) is 1.26. The predicted molar refractivity (Wildman–Crippen MR) is 78.7 cm³/mol. The standard InChI is InChI=1S/C16H23OP/c1-15(2)8-10-18(17)11-9-16(3,4)13-7-5-6-12(15)14(13)18/h5-7H,8-11H2,1-4H3. The number of rotatable bonds is 0. The van der Waals surface area contributed by atoms with Crippen LogP contribution in [0.25, 0.3) is 0 Å². The maximum atomic E-state index is 13.3. The van der Waals surface area contributed by atoms with E-state index in [1.54, 1.807) is 0 Å². The van der Waals surface area contributed by atoms with Crippen molar-refractivity contribution in [1.82, 2.24) is 0 Å². The van der Waals surface area contributed by atoms with Gasteiger partial charge in [-0.1, -0.05) is 45.9 Å². The van der Waals surface area contributed by atoms with Gasteiger partial charge in [0.05, 0.1) is 0 Å². The molecule has 3 rings (SSSR count). The average molecular weight is 262 g/mol. The zero-order chi connectivity index (χ0) is 13.2. The Kier molecular flexibility index (Phi) is 2.43. The molecule has 2 aliphatic rings. The fourth-order valence-electron chi connectivity index (χ4n) is 3.60. The lowest BCUT2D eigenvalue weighted by atomic mass is 9.76. The van der Waals surface area contributed by atoms with Crippen LogP contribution in [0.4, 0.5) is 0 Å². The minimum atomic E-state index is -2.09. The Labute approximate surface area is 110 Å². The van der Waals surface area contributed by atoms with Crippen LogP contribution in [0.2, 0.25) is 0 Å². The third-order valence-corrected chi connectivity index (χ3v) is 8.29. The van der Waals surface area contributed by atoms with Crippen molar-refractivity contribution < 1.29 is 4.57 Å². The van der Waals surface area contributed by atoms with Crippen LogP contribution in [-0.2, 0) is 15.4 Å². The van der Waals surface area contributed by atoms with Gasteiger partial charge in [0, 0.05) is 17.6 Å². The molecule has 0 aromatic heterocycles. The van der Waals surface area contributed by atoms with Crippen molar-refractivity contribution in [1.29, 1.82) is 0 Å². The van der Waals surface area contributed by atoms with Crippen LogP contribution >= 0.6 is 7.14 Å². The summed E-state index contributed by atoms with van der Waals surface area (Å²) in [7, 11) is -2.09. The molecule has 0 spiro atoms. The average Bonchev–Trinajstić information content (AvgIpc) is 2.31. The van der Waals surface area contributed by atoms with Crippen molar-refractivity contribution in [3.05, 3.63) is 29.3 Å². The highest BCUT2D eigenvalue weighted by Gasteiger charge is 2.46. The van der Waals surface area contributed by atoms with E-state index in [0.29, 0.717) is 0 Å². The molecular weight excluding hydrogens is 239 g/mol. The largest absolute Gasteiger partial charge is 0.319 e. The Bertz CT molecular complexity index is 512. The van der Waals surface area contributed by atoms with Crippen molar-refractivity contribution in [2.45, 2.75) is 51.4 Å². The van der Waals surface area contributed by atoms with Gasteiger partial charge >= 0.3 is 0 Å². The molecule has 2 heteroatoms. The molecule has 0 bridgehead atoms. The first-order chi connectivity index (χ1) is 8.26. The summed E-state index contributed by atoms with van der Waals surface area (Å²) in [6.07, 6.45) is 3.97. The summed E-state index contributed by atoms with van der Waals surface area (Å²) in [4.78, 5) is 0. The number of hydrogen-bond acceptors (Lipinski definition) is 1. The SMILES string of the molecule is CC1(C)CCP2(=O)CCC(C)(C)c3cccc1c32. The fourth-order valence-corrected chi connectivity index (χ4v) is 7.74. The van der Waals surface area contributed by atoms with E-state index < -0.39 is 7.14 Å². The Morgan fingerprint density at radius 2 is 1.39 bits per heavy atom. The highest BCUT2D eigenvalue weighted by molar-refractivity contribution is 7.72. The molecular formula is C16H23OP. The molecule has 0 atom stereocenters. The number of benzene rings is 1. The Morgan fingerprint density at radius 1 is 0.944 bits per heavy atom. The van der Waals surface area contributed by atoms with Crippen LogP contribution in [0.5, 0.6) is 0 Å². The summed E-state index contributed by atoms with van der Waals surface area (Å²) in [5.74, 6) is 0. The van der Waals surface area contributed by atoms with E-state index in [2.05, 4.69) is 45.9 Å². The first kappa shape index (κ1) is 12.5. The van der Waals surface area contributed by atoms with E-state index in [4.69, 9.17) is 0 Å². The lowest BCUT2D eigenvalue weighted by Gasteiger charge is -2.45. The third-order valence-electron chi connectivity index (χ3n) is 5.10. The molecule has 1 aromatic carbocycles. The van der Waals surface area contributed by atoms with Gasteiger partial charge in [-0.15, -0.1) is 0 Å². The summed E-state index contributed by atoms with van der Waals surface area (Å²) in [5.41, 5.74) is 3.10. The highest BCUT2D eigenvalue weighted by atomic mass is 31.2. The second-order valence-corrected chi connectivity index (χ2v) is 10.4. The lowest BCUT2D eigenvalue weighted by Crippen LogP contribution is -2.42. The van der Waals surface area contributed by atoms with Gasteiger partial charge < -0.3 is 4.57 Å². The first-order valence-corrected chi connectivity index (χ1v) is 9.07. The van der Waals surface area contributed by atoms with Crippen molar-refractivity contribution >= 4 is 12.4 Å². The molecule has 0 amide bonds. The lowest BCUT2D eigenvalue weighted by molar-refractivity contribution is 0.462. The maximum Gasteiger partial charge on any atom is 0.116 e. The second kappa shape index (κ2) is 3.51. The summed E-state index contributed by atoms with van der Waals surface area (Å²) in [6.45, 7) is 9.20. The molecule has 98 valence electrons. The smallest absolute Gasteiger partial charge is 0.116 e. The molecule has 0 N–H and O–H groups in total. The van der Waals surface area contributed by atoms with Gasteiger partial charge in [0.2, 0.25) is 0 Å². The molecule has 1 nitrogen and oxygen atoms in total. The van der Waals surface area contributed by atoms with Crippen LogP contribution in [0.1, 0.15) is 51.7 Å². The van der Waals surface area contributed by atoms with Crippen LogP contribution in [0, 0.1) is 0 Å². The molecule has 2 heterocycles. The Balaban J connectivity index is 2.36. The van der Waals surface area contributed by atoms with E-state index in [1.807, 2.05) is 0 Å². The molecule has 0 radical (unpaired) electrons. The minimum absolute atomic E-state index is 0.187. The fraction of sp³-hybridized carbons (Fsp3) is 0.625. The van der Waals surface area contributed by atoms with Gasteiger partial charge in [0.15, 0.2) is 0 Å². The van der Waals surface area contributed by atoms with Crippen LogP contribution in [-0.4, -0.2) is 12.3 Å². The normalized spacial score (nSPS) is 26.4. The summed E-state index contributed by atoms with van der Waals surface area (Å²) < 4.78 is 13.3. The second-order valence-electron chi connectivity index (χ2n) is 7.31. The Morgan fingerprint density at radius 3 is 1.83 bits per heavy atom. The zero-order valence-electron chi connectivity index (χ0n) is 11.9. The van der Waals surface area contributed by atoms with Gasteiger partial charge in [0.1, 0.15) is 7.14 Å². The van der Waals surface area contributed by atoms with Gasteiger partial charge in [-0.25, -0.2) is 0 Å². The van der Waals surface area contributed by atoms with Crippen LogP contribution in [0.3, 0.4) is 0 Å². The highest BCUT2D eigenvalue weighted by Crippen LogP contribution is 2.59. The van der Waals surface area contributed by atoms with E-state index in [1.165, 1.54) is 16.4 Å². The molecule has 1 aromatic rings. The van der Waals surface area contributed by atoms with Crippen molar-refractivity contribution in [2.24, 2.45) is 0 Å². The summed E-state index contributed by atoms with van der Waals surface area (Å²) >= 11 is 0. The quantitative estimate of drug-likeness (QED) is 0.645. The van der Waals surface area contributed by atoms with E-state index in [0.717, 1.165) is 25.2 Å². The van der Waals surface area contributed by atoms with Crippen LogP contribution in [0.15, 0.2) is 18.2 Å². The van der Waals surface area contributed by atoms with Gasteiger partial charge in [0.25, 0.3) is 0 Å². The van der Waals surface area contributed by atoms with Crippen molar-refractivity contribution in [3.63, 3.8) is 0 Å². The van der Waals surface area contributed by atoms with Gasteiger partial charge in [-0.3, -0.25) is 0 Å². The van der Waals surface area contributed by atoms with Crippen LogP contribution < -0.4 is 5.30 Å².